The Bertz CT molecular complexity index is 693. The minimum Gasteiger partial charge on any atom is -0.450 e. The minimum atomic E-state index is -0.767. The number of hydrogen-bond donors (Lipinski definition) is 1. The van der Waals surface area contributed by atoms with E-state index < -0.39 is 5.91 Å². The van der Waals surface area contributed by atoms with Gasteiger partial charge in [0.2, 0.25) is 0 Å². The molecule has 0 aliphatic heterocycles. The van der Waals surface area contributed by atoms with Crippen molar-refractivity contribution in [2.24, 2.45) is 5.73 Å². The second-order valence-corrected chi connectivity index (χ2v) is 5.18. The van der Waals surface area contributed by atoms with Crippen LogP contribution in [0.2, 0.25) is 0 Å². The first kappa shape index (κ1) is 14.0. The van der Waals surface area contributed by atoms with Crippen LogP contribution in [-0.2, 0) is 4.79 Å². The van der Waals surface area contributed by atoms with Gasteiger partial charge < -0.3 is 10.2 Å². The van der Waals surface area contributed by atoms with Crippen LogP contribution >= 0.6 is 11.8 Å². The molecule has 4 nitrogen and oxygen atoms in total. The summed E-state index contributed by atoms with van der Waals surface area (Å²) in [5.41, 5.74) is 6.12. The molecule has 2 rings (SSSR count). The summed E-state index contributed by atoms with van der Waals surface area (Å²) in [4.78, 5) is 12.0. The van der Waals surface area contributed by atoms with Crippen LogP contribution in [0.15, 0.2) is 56.4 Å². The zero-order valence-corrected chi connectivity index (χ0v) is 11.6. The molecule has 2 aromatic rings. The zero-order valence-electron chi connectivity index (χ0n) is 10.8. The molecule has 1 aromatic carbocycles. The molecule has 1 heterocycles. The van der Waals surface area contributed by atoms with Gasteiger partial charge in [0.15, 0.2) is 5.09 Å². The first-order valence-electron chi connectivity index (χ1n) is 5.84. The van der Waals surface area contributed by atoms with E-state index in [2.05, 4.69) is 0 Å². The lowest BCUT2D eigenvalue weighted by Crippen LogP contribution is -2.12. The van der Waals surface area contributed by atoms with Crippen molar-refractivity contribution in [2.75, 3.05) is 0 Å². The molecule has 0 aliphatic rings. The average molecular weight is 284 g/mol. The fourth-order valence-corrected chi connectivity index (χ4v) is 2.27. The van der Waals surface area contributed by atoms with Gasteiger partial charge in [-0.15, -0.1) is 0 Å². The number of nitrogens with zero attached hydrogens (tertiary/aromatic N) is 1. The van der Waals surface area contributed by atoms with Crippen molar-refractivity contribution < 1.29 is 9.21 Å². The summed E-state index contributed by atoms with van der Waals surface area (Å²) in [5.74, 6) is -0.341. The first-order valence-corrected chi connectivity index (χ1v) is 6.66. The molecule has 0 saturated carbocycles. The van der Waals surface area contributed by atoms with Crippen molar-refractivity contribution in [1.29, 1.82) is 5.26 Å². The second-order valence-electron chi connectivity index (χ2n) is 4.11. The minimum absolute atomic E-state index is 0.133. The summed E-state index contributed by atoms with van der Waals surface area (Å²) >= 11 is 1.47. The number of carbonyl (C=O) groups is 1. The Morgan fingerprint density at radius 1 is 1.30 bits per heavy atom. The predicted octanol–water partition coefficient (Wildman–Crippen LogP) is 3.13. The molecule has 0 unspecified atom stereocenters. The Morgan fingerprint density at radius 3 is 2.60 bits per heavy atom. The molecule has 0 bridgehead atoms. The van der Waals surface area contributed by atoms with Gasteiger partial charge in [-0.05, 0) is 31.2 Å². The van der Waals surface area contributed by atoms with Crippen LogP contribution in [0.1, 0.15) is 11.3 Å². The van der Waals surface area contributed by atoms with Crippen LogP contribution in [0, 0.1) is 18.3 Å². The number of benzene rings is 1. The van der Waals surface area contributed by atoms with E-state index in [1.807, 2.05) is 31.2 Å². The van der Waals surface area contributed by atoms with Crippen molar-refractivity contribution >= 4 is 23.7 Å². The molecule has 0 fully saturated rings. The van der Waals surface area contributed by atoms with Crippen LogP contribution in [0.4, 0.5) is 0 Å². The molecule has 100 valence electrons. The van der Waals surface area contributed by atoms with Crippen molar-refractivity contribution in [1.82, 2.24) is 0 Å². The van der Waals surface area contributed by atoms with Crippen LogP contribution in [0.5, 0.6) is 0 Å². The maximum atomic E-state index is 10.9. The molecule has 5 heteroatoms. The molecule has 1 amide bonds. The maximum Gasteiger partial charge on any atom is 0.259 e. The van der Waals surface area contributed by atoms with Crippen molar-refractivity contribution in [3.63, 3.8) is 0 Å². The Kier molecular flexibility index (Phi) is 4.28. The van der Waals surface area contributed by atoms with Gasteiger partial charge in [-0.2, -0.15) is 5.26 Å². The van der Waals surface area contributed by atoms with Crippen molar-refractivity contribution in [3.05, 3.63) is 53.3 Å². The van der Waals surface area contributed by atoms with E-state index >= 15 is 0 Å². The Hall–Kier alpha value is -2.45. The molecule has 0 radical (unpaired) electrons. The van der Waals surface area contributed by atoms with Crippen LogP contribution < -0.4 is 5.73 Å². The number of primary amides is 1. The topological polar surface area (TPSA) is 80.0 Å². The van der Waals surface area contributed by atoms with Crippen LogP contribution in [-0.4, -0.2) is 5.91 Å². The number of aryl methyl sites for hydroxylation is 1. The maximum absolute atomic E-state index is 10.9. The summed E-state index contributed by atoms with van der Waals surface area (Å²) in [7, 11) is 0. The number of furan rings is 1. The second kappa shape index (κ2) is 6.13. The third-order valence-corrected chi connectivity index (χ3v) is 3.44. The molecule has 0 spiro atoms. The fraction of sp³-hybridized carbons (Fsp3) is 0.0667. The standard InChI is InChI=1S/C15H12N2O2S/c1-10-2-5-13(6-3-10)20-14-7-4-12(19-14)8-11(9-16)15(17)18/h2-8H,1H3,(H2,17,18). The van der Waals surface area contributed by atoms with Crippen LogP contribution in [0.25, 0.3) is 6.08 Å². The SMILES string of the molecule is Cc1ccc(Sc2ccc(C=C(C#N)C(N)=O)o2)cc1. The molecule has 0 saturated heterocycles. The smallest absolute Gasteiger partial charge is 0.259 e. The lowest BCUT2D eigenvalue weighted by Gasteiger charge is -1.98. The molecular weight excluding hydrogens is 272 g/mol. The van der Waals surface area contributed by atoms with E-state index in [1.165, 1.54) is 23.4 Å². The van der Waals surface area contributed by atoms with Crippen LogP contribution in [0.3, 0.4) is 0 Å². The van der Waals surface area contributed by atoms with Gasteiger partial charge >= 0.3 is 0 Å². The van der Waals surface area contributed by atoms with Crippen molar-refractivity contribution in [2.45, 2.75) is 16.9 Å². The first-order chi connectivity index (χ1) is 9.58. The highest BCUT2D eigenvalue weighted by Crippen LogP contribution is 2.29. The molecule has 1 aromatic heterocycles. The van der Waals surface area contributed by atoms with Gasteiger partial charge in [0.25, 0.3) is 5.91 Å². The Morgan fingerprint density at radius 2 is 2.00 bits per heavy atom. The highest BCUT2D eigenvalue weighted by atomic mass is 32.2. The number of amides is 1. The molecular formula is C15H12N2O2S. The van der Waals surface area contributed by atoms with Gasteiger partial charge in [0.1, 0.15) is 17.4 Å². The normalized spacial score (nSPS) is 11.1. The van der Waals surface area contributed by atoms with Gasteiger partial charge in [-0.1, -0.05) is 29.5 Å². The number of nitrogens with two attached hydrogens (primary N) is 1. The summed E-state index contributed by atoms with van der Waals surface area (Å²) < 4.78 is 5.53. The summed E-state index contributed by atoms with van der Waals surface area (Å²) in [6.45, 7) is 2.03. The van der Waals surface area contributed by atoms with E-state index in [1.54, 1.807) is 18.2 Å². The zero-order chi connectivity index (χ0) is 14.5. The molecule has 0 atom stereocenters. The molecule has 20 heavy (non-hydrogen) atoms. The lowest BCUT2D eigenvalue weighted by atomic mass is 10.2. The van der Waals surface area contributed by atoms with Gasteiger partial charge in [-0.25, -0.2) is 0 Å². The summed E-state index contributed by atoms with van der Waals surface area (Å²) in [5, 5.41) is 9.44. The van der Waals surface area contributed by atoms with E-state index in [-0.39, 0.29) is 5.57 Å². The largest absolute Gasteiger partial charge is 0.450 e. The Labute approximate surface area is 120 Å². The van der Waals surface area contributed by atoms with E-state index in [9.17, 15) is 4.79 Å². The highest BCUT2D eigenvalue weighted by molar-refractivity contribution is 7.99. The third kappa shape index (κ3) is 3.53. The van der Waals surface area contributed by atoms with E-state index in [4.69, 9.17) is 15.4 Å². The highest BCUT2D eigenvalue weighted by Gasteiger charge is 2.07. The average Bonchev–Trinajstić information content (AvgIpc) is 2.86. The summed E-state index contributed by atoms with van der Waals surface area (Å²) in [6, 6.07) is 13.3. The van der Waals surface area contributed by atoms with Crippen molar-refractivity contribution in [3.8, 4) is 6.07 Å². The number of carbonyl (C=O) groups excluding carboxylic acids is 1. The summed E-state index contributed by atoms with van der Waals surface area (Å²) in [6.07, 6.45) is 1.33. The van der Waals surface area contributed by atoms with Gasteiger partial charge in [-0.3, -0.25) is 4.79 Å². The quantitative estimate of drug-likeness (QED) is 0.691. The number of nitriles is 1. The Balaban J connectivity index is 2.15. The predicted molar refractivity (Wildman–Crippen MR) is 76.8 cm³/mol. The van der Waals surface area contributed by atoms with Gasteiger partial charge in [0.05, 0.1) is 0 Å². The fourth-order valence-electron chi connectivity index (χ4n) is 1.49. The van der Waals surface area contributed by atoms with Gasteiger partial charge in [0, 0.05) is 11.0 Å². The molecule has 2 N–H and O–H groups in total. The third-order valence-electron chi connectivity index (χ3n) is 2.51. The van der Waals surface area contributed by atoms with E-state index in [0.29, 0.717) is 10.9 Å². The lowest BCUT2D eigenvalue weighted by molar-refractivity contribution is -0.114. The van der Waals surface area contributed by atoms with E-state index in [0.717, 1.165) is 4.90 Å². The number of hydrogen-bond acceptors (Lipinski definition) is 4. The number of rotatable bonds is 4. The monoisotopic (exact) mass is 284 g/mol. The molecule has 0 aliphatic carbocycles.